The molecule has 1 fully saturated rings. The third-order valence-corrected chi connectivity index (χ3v) is 2.87. The Morgan fingerprint density at radius 1 is 1.55 bits per heavy atom. The van der Waals surface area contributed by atoms with Gasteiger partial charge in [-0.15, -0.1) is 11.6 Å². The van der Waals surface area contributed by atoms with Crippen LogP contribution in [0.5, 0.6) is 0 Å². The molecule has 0 saturated heterocycles. The Hall–Kier alpha value is -0.570. The van der Waals surface area contributed by atoms with Crippen molar-refractivity contribution >= 4 is 23.2 Å². The molecule has 1 aliphatic carbocycles. The standard InChI is InChI=1S/C7H9ClN2O/c8-7-4-2-1-3-5(7)9-10-6(7)11/h1-4H2,(H,10,11)/t7-/m1/s1. The van der Waals surface area contributed by atoms with Crippen LogP contribution >= 0.6 is 11.6 Å². The van der Waals surface area contributed by atoms with Gasteiger partial charge in [-0.25, -0.2) is 5.43 Å². The highest BCUT2D eigenvalue weighted by Gasteiger charge is 2.46. The molecule has 0 bridgehead atoms. The van der Waals surface area contributed by atoms with Gasteiger partial charge < -0.3 is 0 Å². The molecule has 0 spiro atoms. The van der Waals surface area contributed by atoms with Crippen molar-refractivity contribution in [3.8, 4) is 0 Å². The predicted octanol–water partition coefficient (Wildman–Crippen LogP) is 1.02. The van der Waals surface area contributed by atoms with Gasteiger partial charge in [0, 0.05) is 0 Å². The highest BCUT2D eigenvalue weighted by Crippen LogP contribution is 2.34. The first-order valence-corrected chi connectivity index (χ1v) is 4.18. The van der Waals surface area contributed by atoms with Gasteiger partial charge >= 0.3 is 0 Å². The minimum absolute atomic E-state index is 0.145. The Morgan fingerprint density at radius 3 is 3.09 bits per heavy atom. The molecule has 1 heterocycles. The van der Waals surface area contributed by atoms with Crippen LogP contribution < -0.4 is 5.43 Å². The second-order valence-electron chi connectivity index (χ2n) is 3.01. The fourth-order valence-electron chi connectivity index (χ4n) is 1.60. The summed E-state index contributed by atoms with van der Waals surface area (Å²) in [4.78, 5) is 10.4. The van der Waals surface area contributed by atoms with Gasteiger partial charge in [-0.1, -0.05) is 6.42 Å². The van der Waals surface area contributed by atoms with Crippen LogP contribution in [-0.4, -0.2) is 16.5 Å². The number of nitrogens with one attached hydrogen (secondary N) is 1. The number of hydrazone groups is 1. The van der Waals surface area contributed by atoms with Crippen molar-refractivity contribution in [2.45, 2.75) is 30.6 Å². The van der Waals surface area contributed by atoms with E-state index < -0.39 is 4.87 Å². The van der Waals surface area contributed by atoms with E-state index >= 15 is 0 Å². The van der Waals surface area contributed by atoms with Crippen molar-refractivity contribution < 1.29 is 4.79 Å². The number of hydrogen-bond donors (Lipinski definition) is 1. The second kappa shape index (κ2) is 2.21. The smallest absolute Gasteiger partial charge is 0.267 e. The summed E-state index contributed by atoms with van der Waals surface area (Å²) in [5.74, 6) is -0.145. The molecule has 1 saturated carbocycles. The van der Waals surface area contributed by atoms with E-state index in [1.165, 1.54) is 0 Å². The molecule has 2 rings (SSSR count). The molecule has 3 nitrogen and oxygen atoms in total. The lowest BCUT2D eigenvalue weighted by Gasteiger charge is -2.24. The average molecular weight is 173 g/mol. The van der Waals surface area contributed by atoms with E-state index in [9.17, 15) is 4.79 Å². The van der Waals surface area contributed by atoms with E-state index in [2.05, 4.69) is 10.5 Å². The van der Waals surface area contributed by atoms with Crippen LogP contribution in [0.1, 0.15) is 25.7 Å². The molecule has 1 amide bonds. The van der Waals surface area contributed by atoms with Crippen molar-refractivity contribution in [3.63, 3.8) is 0 Å². The van der Waals surface area contributed by atoms with E-state index in [1.807, 2.05) is 0 Å². The first-order valence-electron chi connectivity index (χ1n) is 3.80. The number of fused-ring (bicyclic) bond motifs is 1. The maximum Gasteiger partial charge on any atom is 0.267 e. The molecular formula is C7H9ClN2O. The van der Waals surface area contributed by atoms with Crippen molar-refractivity contribution in [2.75, 3.05) is 0 Å². The fraction of sp³-hybridized carbons (Fsp3) is 0.714. The van der Waals surface area contributed by atoms with E-state index in [1.54, 1.807) is 0 Å². The molecule has 11 heavy (non-hydrogen) atoms. The Kier molecular flexibility index (Phi) is 1.42. The maximum absolute atomic E-state index is 11.2. The monoisotopic (exact) mass is 172 g/mol. The topological polar surface area (TPSA) is 41.5 Å². The zero-order valence-electron chi connectivity index (χ0n) is 6.06. The quantitative estimate of drug-likeness (QED) is 0.545. The normalized spacial score (nSPS) is 36.1. The molecule has 2 aliphatic rings. The zero-order chi connectivity index (χ0) is 7.90. The minimum atomic E-state index is -0.780. The molecule has 60 valence electrons. The molecule has 0 unspecified atom stereocenters. The maximum atomic E-state index is 11.2. The average Bonchev–Trinajstić information content (AvgIpc) is 2.29. The third kappa shape index (κ3) is 0.872. The van der Waals surface area contributed by atoms with Gasteiger partial charge in [-0.2, -0.15) is 5.10 Å². The van der Waals surface area contributed by atoms with Crippen LogP contribution in [0.2, 0.25) is 0 Å². The number of carbonyl (C=O) groups excluding carboxylic acids is 1. The summed E-state index contributed by atoms with van der Waals surface area (Å²) in [6.07, 6.45) is 3.72. The Balaban J connectivity index is 2.32. The van der Waals surface area contributed by atoms with Crippen LogP contribution in [0.3, 0.4) is 0 Å². The van der Waals surface area contributed by atoms with Gasteiger partial charge in [-0.3, -0.25) is 4.79 Å². The molecule has 0 aromatic heterocycles. The van der Waals surface area contributed by atoms with Gasteiger partial charge in [0.15, 0.2) is 4.87 Å². The van der Waals surface area contributed by atoms with E-state index in [-0.39, 0.29) is 5.91 Å². The first-order chi connectivity index (χ1) is 5.23. The molecule has 1 N–H and O–H groups in total. The van der Waals surface area contributed by atoms with Crippen LogP contribution in [0.4, 0.5) is 0 Å². The van der Waals surface area contributed by atoms with Gasteiger partial charge in [0.25, 0.3) is 5.91 Å². The lowest BCUT2D eigenvalue weighted by Crippen LogP contribution is -2.41. The van der Waals surface area contributed by atoms with E-state index in [0.29, 0.717) is 0 Å². The molecular weight excluding hydrogens is 164 g/mol. The van der Waals surface area contributed by atoms with Crippen LogP contribution in [0.25, 0.3) is 0 Å². The van der Waals surface area contributed by atoms with Gasteiger partial charge in [0.1, 0.15) is 0 Å². The molecule has 1 atom stereocenters. The SMILES string of the molecule is O=C1NN=C2CCCC[C@]12Cl. The second-order valence-corrected chi connectivity index (χ2v) is 3.65. The molecule has 0 aromatic carbocycles. The summed E-state index contributed by atoms with van der Waals surface area (Å²) in [5.41, 5.74) is 3.25. The van der Waals surface area contributed by atoms with Crippen molar-refractivity contribution in [2.24, 2.45) is 5.10 Å². The minimum Gasteiger partial charge on any atom is -0.271 e. The molecule has 1 aliphatic heterocycles. The summed E-state index contributed by atoms with van der Waals surface area (Å²) in [6.45, 7) is 0. The van der Waals surface area contributed by atoms with Crippen molar-refractivity contribution in [3.05, 3.63) is 0 Å². The molecule has 4 heteroatoms. The number of nitrogens with zero attached hydrogens (tertiary/aromatic N) is 1. The number of rotatable bonds is 0. The number of amides is 1. The zero-order valence-corrected chi connectivity index (χ0v) is 6.82. The van der Waals surface area contributed by atoms with E-state index in [4.69, 9.17) is 11.6 Å². The summed E-state index contributed by atoms with van der Waals surface area (Å²) in [5, 5.41) is 3.90. The van der Waals surface area contributed by atoms with Gasteiger partial charge in [0.2, 0.25) is 0 Å². The van der Waals surface area contributed by atoms with Gasteiger partial charge in [-0.05, 0) is 19.3 Å². The van der Waals surface area contributed by atoms with E-state index in [0.717, 1.165) is 31.4 Å². The number of hydrogen-bond acceptors (Lipinski definition) is 2. The van der Waals surface area contributed by atoms with Crippen LogP contribution in [0, 0.1) is 0 Å². The van der Waals surface area contributed by atoms with Crippen molar-refractivity contribution in [1.82, 2.24) is 5.43 Å². The summed E-state index contributed by atoms with van der Waals surface area (Å²) in [7, 11) is 0. The Morgan fingerprint density at radius 2 is 2.36 bits per heavy atom. The van der Waals surface area contributed by atoms with Crippen LogP contribution in [-0.2, 0) is 4.79 Å². The largest absolute Gasteiger partial charge is 0.271 e. The highest BCUT2D eigenvalue weighted by atomic mass is 35.5. The molecule has 0 aromatic rings. The predicted molar refractivity (Wildman–Crippen MR) is 42.6 cm³/mol. The number of halogens is 1. The Bertz CT molecular complexity index is 239. The molecule has 0 radical (unpaired) electrons. The Labute approximate surface area is 69.8 Å². The van der Waals surface area contributed by atoms with Gasteiger partial charge in [0.05, 0.1) is 5.71 Å². The number of alkyl halides is 1. The third-order valence-electron chi connectivity index (χ3n) is 2.29. The summed E-state index contributed by atoms with van der Waals surface area (Å²) < 4.78 is 0. The number of carbonyl (C=O) groups is 1. The van der Waals surface area contributed by atoms with Crippen molar-refractivity contribution in [1.29, 1.82) is 0 Å². The lowest BCUT2D eigenvalue weighted by molar-refractivity contribution is -0.121. The highest BCUT2D eigenvalue weighted by molar-refractivity contribution is 6.48. The lowest BCUT2D eigenvalue weighted by atomic mass is 9.87. The summed E-state index contributed by atoms with van der Waals surface area (Å²) in [6, 6.07) is 0. The van der Waals surface area contributed by atoms with Crippen LogP contribution in [0.15, 0.2) is 5.10 Å². The summed E-state index contributed by atoms with van der Waals surface area (Å²) >= 11 is 6.08. The fourth-order valence-corrected chi connectivity index (χ4v) is 1.91. The first kappa shape index (κ1) is 7.10.